The highest BCUT2D eigenvalue weighted by Gasteiger charge is 2.41. The second-order valence-electron chi connectivity index (χ2n) is 5.12. The average molecular weight is 338 g/mol. The Kier molecular flexibility index (Phi) is 5.30. The second-order valence-corrected chi connectivity index (χ2v) is 7.40. The summed E-state index contributed by atoms with van der Waals surface area (Å²) < 4.78 is -2.14. The van der Waals surface area contributed by atoms with Gasteiger partial charge in [0.2, 0.25) is 0 Å². The van der Waals surface area contributed by atoms with E-state index in [1.165, 1.54) is 0 Å². The molecule has 0 fully saturated rings. The summed E-state index contributed by atoms with van der Waals surface area (Å²) in [4.78, 5) is 24.2. The maximum Gasteiger partial charge on any atom is 0.293 e. The van der Waals surface area contributed by atoms with Crippen LogP contribution in [0, 0.1) is 0 Å². The molecule has 7 heteroatoms. The lowest BCUT2D eigenvalue weighted by atomic mass is 10.1. The number of amides is 2. The number of benzene rings is 1. The van der Waals surface area contributed by atoms with E-state index in [9.17, 15) is 9.59 Å². The van der Waals surface area contributed by atoms with Gasteiger partial charge in [0.25, 0.3) is 15.6 Å². The summed E-state index contributed by atoms with van der Waals surface area (Å²) in [5, 5.41) is 1.02. The SMILES string of the molecule is CC(C)(C)N(NC(=O)c1ccccc1)C(=O)C(Cl)(Cl)Cl. The first-order valence-electron chi connectivity index (χ1n) is 5.81. The third-order valence-electron chi connectivity index (χ3n) is 2.37. The van der Waals surface area contributed by atoms with E-state index in [-0.39, 0.29) is 0 Å². The zero-order valence-electron chi connectivity index (χ0n) is 11.3. The molecule has 1 N–H and O–H groups in total. The Morgan fingerprint density at radius 2 is 1.55 bits per heavy atom. The van der Waals surface area contributed by atoms with Crippen LogP contribution in [0.25, 0.3) is 0 Å². The van der Waals surface area contributed by atoms with Gasteiger partial charge in [-0.15, -0.1) is 0 Å². The fraction of sp³-hybridized carbons (Fsp3) is 0.385. The lowest BCUT2D eigenvalue weighted by Crippen LogP contribution is -2.59. The first-order chi connectivity index (χ1) is 9.03. The van der Waals surface area contributed by atoms with Gasteiger partial charge in [-0.2, -0.15) is 0 Å². The van der Waals surface area contributed by atoms with E-state index in [1.54, 1.807) is 51.1 Å². The zero-order chi connectivity index (χ0) is 15.6. The molecular formula is C13H15Cl3N2O2. The fourth-order valence-electron chi connectivity index (χ4n) is 1.41. The molecular weight excluding hydrogens is 323 g/mol. The molecule has 4 nitrogen and oxygen atoms in total. The number of rotatable bonds is 1. The summed E-state index contributed by atoms with van der Waals surface area (Å²) >= 11 is 16.8. The maximum atomic E-state index is 12.1. The Hall–Kier alpha value is -0.970. The number of carbonyl (C=O) groups excluding carboxylic acids is 2. The molecule has 0 aliphatic heterocycles. The van der Waals surface area contributed by atoms with Crippen LogP contribution in [-0.2, 0) is 4.79 Å². The van der Waals surface area contributed by atoms with E-state index in [0.717, 1.165) is 5.01 Å². The predicted octanol–water partition coefficient (Wildman–Crippen LogP) is 3.33. The van der Waals surface area contributed by atoms with Gasteiger partial charge in [0.1, 0.15) is 0 Å². The molecule has 0 radical (unpaired) electrons. The topological polar surface area (TPSA) is 49.4 Å². The molecule has 0 spiro atoms. The summed E-state index contributed by atoms with van der Waals surface area (Å²) in [5.74, 6) is -1.28. The molecule has 1 aromatic carbocycles. The van der Waals surface area contributed by atoms with Crippen LogP contribution in [0.3, 0.4) is 0 Å². The van der Waals surface area contributed by atoms with Crippen LogP contribution in [0.5, 0.6) is 0 Å². The number of nitrogens with zero attached hydrogens (tertiary/aromatic N) is 1. The third-order valence-corrected chi connectivity index (χ3v) is 2.85. The average Bonchev–Trinajstić information content (AvgIpc) is 2.33. The highest BCUT2D eigenvalue weighted by Crippen LogP contribution is 2.30. The number of carbonyl (C=O) groups is 2. The van der Waals surface area contributed by atoms with Crippen LogP contribution in [-0.4, -0.2) is 26.2 Å². The van der Waals surface area contributed by atoms with Crippen molar-refractivity contribution in [2.45, 2.75) is 30.1 Å². The standard InChI is InChI=1S/C13H15Cl3N2O2/c1-12(2,3)18(11(20)13(14,15)16)17-10(19)9-7-5-4-6-8-9/h4-8H,1-3H3,(H,17,19). The monoisotopic (exact) mass is 336 g/mol. The Morgan fingerprint density at radius 3 is 1.95 bits per heavy atom. The molecule has 0 unspecified atom stereocenters. The predicted molar refractivity (Wildman–Crippen MR) is 80.8 cm³/mol. The molecule has 0 bridgehead atoms. The van der Waals surface area contributed by atoms with Crippen molar-refractivity contribution < 1.29 is 9.59 Å². The van der Waals surface area contributed by atoms with Crippen LogP contribution >= 0.6 is 34.8 Å². The van der Waals surface area contributed by atoms with Gasteiger partial charge in [-0.1, -0.05) is 53.0 Å². The summed E-state index contributed by atoms with van der Waals surface area (Å²) in [5.41, 5.74) is 2.13. The van der Waals surface area contributed by atoms with Crippen LogP contribution in [0.1, 0.15) is 31.1 Å². The molecule has 0 aliphatic rings. The van der Waals surface area contributed by atoms with Crippen LogP contribution in [0.2, 0.25) is 0 Å². The molecule has 0 heterocycles. The van der Waals surface area contributed by atoms with Gasteiger partial charge in [0.05, 0.1) is 5.54 Å². The minimum atomic E-state index is -2.14. The number of hydrazine groups is 1. The van der Waals surface area contributed by atoms with Crippen molar-refractivity contribution in [3.63, 3.8) is 0 Å². The number of halogens is 3. The summed E-state index contributed by atoms with van der Waals surface area (Å²) in [6.45, 7) is 5.14. The van der Waals surface area contributed by atoms with Crippen molar-refractivity contribution in [2.24, 2.45) is 0 Å². The van der Waals surface area contributed by atoms with Crippen molar-refractivity contribution >= 4 is 46.6 Å². The van der Waals surface area contributed by atoms with Gasteiger partial charge in [-0.3, -0.25) is 15.0 Å². The number of nitrogens with one attached hydrogen (secondary N) is 1. The van der Waals surface area contributed by atoms with Crippen molar-refractivity contribution in [2.75, 3.05) is 0 Å². The number of hydrogen-bond donors (Lipinski definition) is 1. The Balaban J connectivity index is 2.98. The highest BCUT2D eigenvalue weighted by atomic mass is 35.6. The van der Waals surface area contributed by atoms with Gasteiger partial charge in [-0.25, -0.2) is 5.01 Å². The van der Waals surface area contributed by atoms with E-state index in [1.807, 2.05) is 0 Å². The number of alkyl halides is 3. The molecule has 0 aliphatic carbocycles. The fourth-order valence-corrected chi connectivity index (χ4v) is 1.66. The van der Waals surface area contributed by atoms with Crippen molar-refractivity contribution in [1.82, 2.24) is 10.4 Å². The van der Waals surface area contributed by atoms with Gasteiger partial charge >= 0.3 is 0 Å². The molecule has 1 rings (SSSR count). The van der Waals surface area contributed by atoms with E-state index >= 15 is 0 Å². The van der Waals surface area contributed by atoms with Gasteiger partial charge in [-0.05, 0) is 32.9 Å². The minimum Gasteiger partial charge on any atom is -0.268 e. The third kappa shape index (κ3) is 4.54. The molecule has 2 amide bonds. The van der Waals surface area contributed by atoms with Gasteiger partial charge in [0.15, 0.2) is 0 Å². The van der Waals surface area contributed by atoms with Crippen molar-refractivity contribution in [3.8, 4) is 0 Å². The minimum absolute atomic E-state index is 0.402. The smallest absolute Gasteiger partial charge is 0.268 e. The first-order valence-corrected chi connectivity index (χ1v) is 6.94. The summed E-state index contributed by atoms with van der Waals surface area (Å²) in [7, 11) is 0. The molecule has 0 atom stereocenters. The Bertz CT molecular complexity index is 493. The van der Waals surface area contributed by atoms with E-state index < -0.39 is 21.1 Å². The van der Waals surface area contributed by atoms with Crippen LogP contribution in [0.15, 0.2) is 30.3 Å². The lowest BCUT2D eigenvalue weighted by molar-refractivity contribution is -0.138. The van der Waals surface area contributed by atoms with E-state index in [0.29, 0.717) is 5.56 Å². The van der Waals surface area contributed by atoms with Gasteiger partial charge in [0, 0.05) is 5.56 Å². The molecule has 110 valence electrons. The molecule has 0 saturated heterocycles. The molecule has 1 aromatic rings. The zero-order valence-corrected chi connectivity index (χ0v) is 13.6. The number of hydrogen-bond acceptors (Lipinski definition) is 2. The van der Waals surface area contributed by atoms with Gasteiger partial charge < -0.3 is 0 Å². The van der Waals surface area contributed by atoms with Crippen molar-refractivity contribution in [3.05, 3.63) is 35.9 Å². The summed E-state index contributed by atoms with van der Waals surface area (Å²) in [6.07, 6.45) is 0. The normalized spacial score (nSPS) is 11.9. The van der Waals surface area contributed by atoms with E-state index in [4.69, 9.17) is 34.8 Å². The van der Waals surface area contributed by atoms with E-state index in [2.05, 4.69) is 5.43 Å². The molecule has 0 aromatic heterocycles. The maximum absolute atomic E-state index is 12.1. The van der Waals surface area contributed by atoms with Crippen LogP contribution < -0.4 is 5.43 Å². The summed E-state index contributed by atoms with van der Waals surface area (Å²) in [6, 6.07) is 8.46. The Labute approximate surface area is 132 Å². The largest absolute Gasteiger partial charge is 0.293 e. The quantitative estimate of drug-likeness (QED) is 0.631. The second kappa shape index (κ2) is 6.20. The molecule has 0 saturated carbocycles. The Morgan fingerprint density at radius 1 is 1.05 bits per heavy atom. The molecule has 20 heavy (non-hydrogen) atoms. The lowest BCUT2D eigenvalue weighted by Gasteiger charge is -2.37. The van der Waals surface area contributed by atoms with Crippen molar-refractivity contribution in [1.29, 1.82) is 0 Å². The first kappa shape index (κ1) is 17.1. The van der Waals surface area contributed by atoms with Crippen LogP contribution in [0.4, 0.5) is 0 Å². The highest BCUT2D eigenvalue weighted by molar-refractivity contribution is 6.76.